The van der Waals surface area contributed by atoms with Crippen LogP contribution < -0.4 is 0 Å². The standard InChI is InChI=1S/C12H16O2S/c1-10-5-4-8-12(9-10)15(13,14)11-6-2-3-7-11/h4-5,8-9,11H,2-3,6-7H2,1H3. The predicted molar refractivity (Wildman–Crippen MR) is 60.6 cm³/mol. The molecule has 1 aromatic carbocycles. The van der Waals surface area contributed by atoms with Gasteiger partial charge in [0.05, 0.1) is 10.1 Å². The molecule has 1 aliphatic rings. The van der Waals surface area contributed by atoms with Crippen molar-refractivity contribution in [1.29, 1.82) is 0 Å². The molecule has 0 N–H and O–H groups in total. The SMILES string of the molecule is Cc1cccc(S(=O)(=O)C2CCCC2)c1. The molecule has 1 aromatic rings. The van der Waals surface area contributed by atoms with Gasteiger partial charge in [0.25, 0.3) is 0 Å². The highest BCUT2D eigenvalue weighted by Crippen LogP contribution is 2.29. The summed E-state index contributed by atoms with van der Waals surface area (Å²) in [6, 6.07) is 7.22. The Morgan fingerprint density at radius 2 is 1.87 bits per heavy atom. The molecule has 0 bridgehead atoms. The third-order valence-electron chi connectivity index (χ3n) is 3.06. The van der Waals surface area contributed by atoms with E-state index in [0.717, 1.165) is 31.2 Å². The third kappa shape index (κ3) is 2.07. The zero-order valence-electron chi connectivity index (χ0n) is 8.94. The summed E-state index contributed by atoms with van der Waals surface area (Å²) in [6.45, 7) is 1.92. The summed E-state index contributed by atoms with van der Waals surface area (Å²) in [4.78, 5) is 0.495. The fourth-order valence-electron chi connectivity index (χ4n) is 2.18. The van der Waals surface area contributed by atoms with Crippen LogP contribution in [-0.4, -0.2) is 13.7 Å². The molecule has 2 nitrogen and oxygen atoms in total. The first-order chi connectivity index (χ1) is 7.10. The molecule has 0 unspecified atom stereocenters. The first kappa shape index (κ1) is 10.7. The van der Waals surface area contributed by atoms with Crippen molar-refractivity contribution < 1.29 is 8.42 Å². The van der Waals surface area contributed by atoms with Crippen molar-refractivity contribution in [2.45, 2.75) is 42.8 Å². The topological polar surface area (TPSA) is 34.1 Å². The van der Waals surface area contributed by atoms with Gasteiger partial charge in [-0.3, -0.25) is 0 Å². The van der Waals surface area contributed by atoms with Crippen LogP contribution in [0.5, 0.6) is 0 Å². The van der Waals surface area contributed by atoms with Gasteiger partial charge in [0.2, 0.25) is 0 Å². The Morgan fingerprint density at radius 1 is 1.20 bits per heavy atom. The number of rotatable bonds is 2. The summed E-state index contributed by atoms with van der Waals surface area (Å²) >= 11 is 0. The van der Waals surface area contributed by atoms with Crippen molar-refractivity contribution >= 4 is 9.84 Å². The number of hydrogen-bond acceptors (Lipinski definition) is 2. The summed E-state index contributed by atoms with van der Waals surface area (Å²) in [7, 11) is -3.06. The van der Waals surface area contributed by atoms with Gasteiger partial charge in [-0.2, -0.15) is 0 Å². The van der Waals surface area contributed by atoms with Gasteiger partial charge in [-0.1, -0.05) is 25.0 Å². The van der Waals surface area contributed by atoms with Crippen LogP contribution in [0.15, 0.2) is 29.2 Å². The van der Waals surface area contributed by atoms with Gasteiger partial charge in [0, 0.05) is 0 Å². The van der Waals surface area contributed by atoms with Gasteiger partial charge < -0.3 is 0 Å². The van der Waals surface area contributed by atoms with Crippen LogP contribution in [0.1, 0.15) is 31.2 Å². The lowest BCUT2D eigenvalue weighted by atomic mass is 10.2. The maximum absolute atomic E-state index is 12.2. The maximum Gasteiger partial charge on any atom is 0.181 e. The van der Waals surface area contributed by atoms with Crippen molar-refractivity contribution in [3.05, 3.63) is 29.8 Å². The van der Waals surface area contributed by atoms with E-state index in [2.05, 4.69) is 0 Å². The van der Waals surface area contributed by atoms with E-state index in [-0.39, 0.29) is 5.25 Å². The van der Waals surface area contributed by atoms with Crippen molar-refractivity contribution in [3.63, 3.8) is 0 Å². The average Bonchev–Trinajstić information content (AvgIpc) is 2.71. The number of sulfone groups is 1. The Balaban J connectivity index is 2.36. The van der Waals surface area contributed by atoms with Crippen molar-refractivity contribution in [2.75, 3.05) is 0 Å². The van der Waals surface area contributed by atoms with E-state index in [1.165, 1.54) is 0 Å². The zero-order valence-corrected chi connectivity index (χ0v) is 9.76. The molecule has 1 saturated carbocycles. The Hall–Kier alpha value is -0.830. The molecule has 0 aromatic heterocycles. The van der Waals surface area contributed by atoms with Crippen LogP contribution in [0.3, 0.4) is 0 Å². The molecule has 0 radical (unpaired) electrons. The number of benzene rings is 1. The molecule has 15 heavy (non-hydrogen) atoms. The molecule has 1 fully saturated rings. The normalized spacial score (nSPS) is 18.2. The van der Waals surface area contributed by atoms with E-state index in [4.69, 9.17) is 0 Å². The van der Waals surface area contributed by atoms with E-state index < -0.39 is 9.84 Å². The van der Waals surface area contributed by atoms with Gasteiger partial charge in [-0.05, 0) is 37.5 Å². The van der Waals surface area contributed by atoms with Gasteiger partial charge in [0.1, 0.15) is 0 Å². The van der Waals surface area contributed by atoms with Gasteiger partial charge in [-0.25, -0.2) is 8.42 Å². The molecule has 0 heterocycles. The van der Waals surface area contributed by atoms with Gasteiger partial charge in [0.15, 0.2) is 9.84 Å². The summed E-state index contributed by atoms with van der Waals surface area (Å²) in [5.74, 6) is 0. The fraction of sp³-hybridized carbons (Fsp3) is 0.500. The summed E-state index contributed by atoms with van der Waals surface area (Å²) < 4.78 is 24.4. The van der Waals surface area contributed by atoms with Crippen LogP contribution in [-0.2, 0) is 9.84 Å². The molecule has 3 heteroatoms. The summed E-state index contributed by atoms with van der Waals surface area (Å²) in [5, 5.41) is -0.140. The minimum atomic E-state index is -3.06. The minimum Gasteiger partial charge on any atom is -0.223 e. The quantitative estimate of drug-likeness (QED) is 0.774. The van der Waals surface area contributed by atoms with Crippen LogP contribution in [0.2, 0.25) is 0 Å². The highest BCUT2D eigenvalue weighted by atomic mass is 32.2. The second kappa shape index (κ2) is 3.97. The lowest BCUT2D eigenvalue weighted by molar-refractivity contribution is 0.579. The highest BCUT2D eigenvalue weighted by Gasteiger charge is 2.29. The zero-order chi connectivity index (χ0) is 10.9. The average molecular weight is 224 g/mol. The minimum absolute atomic E-state index is 0.140. The van der Waals surface area contributed by atoms with E-state index >= 15 is 0 Å². The Kier molecular flexibility index (Phi) is 2.83. The Bertz CT molecular complexity index is 442. The smallest absolute Gasteiger partial charge is 0.181 e. The molecule has 0 atom stereocenters. The molecular formula is C12H16O2S. The monoisotopic (exact) mass is 224 g/mol. The first-order valence-electron chi connectivity index (χ1n) is 5.41. The van der Waals surface area contributed by atoms with Crippen LogP contribution >= 0.6 is 0 Å². The number of hydrogen-bond donors (Lipinski definition) is 0. The van der Waals surface area contributed by atoms with E-state index in [1.54, 1.807) is 12.1 Å². The van der Waals surface area contributed by atoms with Crippen LogP contribution in [0.25, 0.3) is 0 Å². The van der Waals surface area contributed by atoms with E-state index in [0.29, 0.717) is 4.90 Å². The molecule has 0 amide bonds. The van der Waals surface area contributed by atoms with E-state index in [9.17, 15) is 8.42 Å². The second-order valence-corrected chi connectivity index (χ2v) is 6.50. The van der Waals surface area contributed by atoms with Gasteiger partial charge in [-0.15, -0.1) is 0 Å². The maximum atomic E-state index is 12.2. The molecule has 0 spiro atoms. The molecule has 0 saturated heterocycles. The fourth-order valence-corrected chi connectivity index (χ4v) is 4.14. The largest absolute Gasteiger partial charge is 0.223 e. The molecular weight excluding hydrogens is 208 g/mol. The second-order valence-electron chi connectivity index (χ2n) is 4.27. The van der Waals surface area contributed by atoms with Crippen molar-refractivity contribution in [1.82, 2.24) is 0 Å². The Morgan fingerprint density at radius 3 is 2.47 bits per heavy atom. The lowest BCUT2D eigenvalue weighted by Crippen LogP contribution is -2.17. The molecule has 82 valence electrons. The molecule has 1 aliphatic carbocycles. The Labute approximate surface area is 91.2 Å². The van der Waals surface area contributed by atoms with Crippen molar-refractivity contribution in [2.24, 2.45) is 0 Å². The predicted octanol–water partition coefficient (Wildman–Crippen LogP) is 2.71. The van der Waals surface area contributed by atoms with Crippen molar-refractivity contribution in [3.8, 4) is 0 Å². The first-order valence-corrected chi connectivity index (χ1v) is 6.96. The summed E-state index contributed by atoms with van der Waals surface area (Å²) in [5.41, 5.74) is 1.01. The van der Waals surface area contributed by atoms with Gasteiger partial charge >= 0.3 is 0 Å². The van der Waals surface area contributed by atoms with E-state index in [1.807, 2.05) is 19.1 Å². The highest BCUT2D eigenvalue weighted by molar-refractivity contribution is 7.92. The van der Waals surface area contributed by atoms with Crippen LogP contribution in [0.4, 0.5) is 0 Å². The summed E-state index contributed by atoms with van der Waals surface area (Å²) in [6.07, 6.45) is 3.76. The molecule has 2 rings (SSSR count). The lowest BCUT2D eigenvalue weighted by Gasteiger charge is -2.11. The third-order valence-corrected chi connectivity index (χ3v) is 5.32. The van der Waals surface area contributed by atoms with Crippen LogP contribution in [0, 0.1) is 6.92 Å². The number of aryl methyl sites for hydroxylation is 1. The molecule has 0 aliphatic heterocycles.